The summed E-state index contributed by atoms with van der Waals surface area (Å²) in [6.07, 6.45) is -1.17. The number of amides is 4. The van der Waals surface area contributed by atoms with Crippen LogP contribution in [0.15, 0.2) is 60.7 Å². The molecule has 2 rings (SSSR count). The number of hydrogen-bond acceptors (Lipinski definition) is 7. The van der Waals surface area contributed by atoms with Crippen molar-refractivity contribution >= 4 is 24.0 Å². The monoisotopic (exact) mass is 584 g/mol. The van der Waals surface area contributed by atoms with Gasteiger partial charge in [0.2, 0.25) is 0 Å². The molecule has 0 saturated carbocycles. The van der Waals surface area contributed by atoms with E-state index in [1.165, 1.54) is 24.0 Å². The van der Waals surface area contributed by atoms with Crippen LogP contribution in [-0.2, 0) is 32.2 Å². The van der Waals surface area contributed by atoms with Crippen molar-refractivity contribution in [3.63, 3.8) is 0 Å². The number of ether oxygens (including phenoxy) is 2. The molecule has 42 heavy (non-hydrogen) atoms. The van der Waals surface area contributed by atoms with Crippen molar-refractivity contribution in [3.8, 4) is 0 Å². The first kappa shape index (κ1) is 34.1. The maximum atomic E-state index is 13.4. The van der Waals surface area contributed by atoms with E-state index in [1.54, 1.807) is 27.7 Å². The Balaban J connectivity index is 2.29. The van der Waals surface area contributed by atoms with E-state index in [4.69, 9.17) is 9.47 Å². The summed E-state index contributed by atoms with van der Waals surface area (Å²) in [4.78, 5) is 54.2. The Morgan fingerprint density at radius 1 is 0.667 bits per heavy atom. The maximum Gasteiger partial charge on any atom is 0.328 e. The fourth-order valence-electron chi connectivity index (χ4n) is 4.31. The van der Waals surface area contributed by atoms with Gasteiger partial charge in [0, 0.05) is 13.1 Å². The van der Waals surface area contributed by atoms with Crippen molar-refractivity contribution in [2.45, 2.75) is 59.0 Å². The second-order valence-corrected chi connectivity index (χ2v) is 10.8. The number of esters is 2. The van der Waals surface area contributed by atoms with Crippen LogP contribution in [0.1, 0.15) is 38.8 Å². The molecular weight excluding hydrogens is 540 g/mol. The fraction of sp³-hybridized carbons (Fsp3) is 0.484. The molecule has 2 aromatic carbocycles. The third-order valence-electron chi connectivity index (χ3n) is 6.67. The highest BCUT2D eigenvalue weighted by Gasteiger charge is 2.31. The van der Waals surface area contributed by atoms with E-state index in [-0.39, 0.29) is 38.0 Å². The number of carbonyl (C=O) groups is 4. The maximum absolute atomic E-state index is 13.4. The Morgan fingerprint density at radius 3 is 1.29 bits per heavy atom. The average molecular weight is 585 g/mol. The van der Waals surface area contributed by atoms with Crippen LogP contribution < -0.4 is 10.6 Å². The van der Waals surface area contributed by atoms with Crippen LogP contribution in [0.2, 0.25) is 0 Å². The first-order chi connectivity index (χ1) is 20.0. The molecule has 3 N–H and O–H groups in total. The largest absolute Gasteiger partial charge is 0.467 e. The minimum Gasteiger partial charge on any atom is -0.467 e. The van der Waals surface area contributed by atoms with Crippen LogP contribution >= 0.6 is 0 Å². The van der Waals surface area contributed by atoms with E-state index in [0.29, 0.717) is 0 Å². The summed E-state index contributed by atoms with van der Waals surface area (Å²) in [6, 6.07) is 15.6. The van der Waals surface area contributed by atoms with Gasteiger partial charge in [-0.1, -0.05) is 88.4 Å². The van der Waals surface area contributed by atoms with Gasteiger partial charge in [-0.2, -0.15) is 0 Å². The molecule has 11 nitrogen and oxygen atoms in total. The lowest BCUT2D eigenvalue weighted by Gasteiger charge is -2.32. The van der Waals surface area contributed by atoms with Gasteiger partial charge in [-0.15, -0.1) is 0 Å². The van der Waals surface area contributed by atoms with Gasteiger partial charge in [-0.3, -0.25) is 0 Å². The van der Waals surface area contributed by atoms with Gasteiger partial charge in [0.05, 0.1) is 33.4 Å². The lowest BCUT2D eigenvalue weighted by molar-refractivity contribution is -0.144. The van der Waals surface area contributed by atoms with Crippen molar-refractivity contribution < 1.29 is 33.8 Å². The molecule has 0 aromatic heterocycles. The average Bonchev–Trinajstić information content (AvgIpc) is 2.97. The Labute approximate surface area is 248 Å². The van der Waals surface area contributed by atoms with Gasteiger partial charge in [0.1, 0.15) is 12.1 Å². The topological polar surface area (TPSA) is 138 Å². The Bertz CT molecular complexity index is 1050. The quantitative estimate of drug-likeness (QED) is 0.290. The highest BCUT2D eigenvalue weighted by atomic mass is 16.5. The summed E-state index contributed by atoms with van der Waals surface area (Å²) >= 11 is 0. The van der Waals surface area contributed by atoms with Gasteiger partial charge < -0.3 is 35.0 Å². The van der Waals surface area contributed by atoms with E-state index in [0.717, 1.165) is 11.1 Å². The Morgan fingerprint density at radius 2 is 1.00 bits per heavy atom. The van der Waals surface area contributed by atoms with Crippen LogP contribution in [0.5, 0.6) is 0 Å². The van der Waals surface area contributed by atoms with E-state index in [9.17, 15) is 24.3 Å². The molecule has 11 heteroatoms. The SMILES string of the molecule is COC(=O)[C@@H](NC(=O)N(Cc1ccccc1)CC(O)CN(Cc1ccccc1)C(=O)N[C@H](C(=O)OC)C(C)C)C(C)C. The summed E-state index contributed by atoms with van der Waals surface area (Å²) in [5.41, 5.74) is 1.63. The molecule has 0 bridgehead atoms. The molecule has 0 aliphatic rings. The van der Waals surface area contributed by atoms with Gasteiger partial charge >= 0.3 is 24.0 Å². The number of nitrogens with zero attached hydrogens (tertiary/aromatic N) is 2. The number of nitrogens with one attached hydrogen (secondary N) is 2. The minimum absolute atomic E-state index is 0.143. The lowest BCUT2D eigenvalue weighted by atomic mass is 10.0. The number of rotatable bonds is 14. The molecule has 2 atom stereocenters. The Kier molecular flexibility index (Phi) is 13.8. The molecule has 0 radical (unpaired) electrons. The van der Waals surface area contributed by atoms with Crippen molar-refractivity contribution in [1.82, 2.24) is 20.4 Å². The molecule has 0 spiro atoms. The number of methoxy groups -OCH3 is 2. The first-order valence-corrected chi connectivity index (χ1v) is 14.0. The van der Waals surface area contributed by atoms with Crippen LogP contribution in [0, 0.1) is 11.8 Å². The van der Waals surface area contributed by atoms with Gasteiger partial charge in [0.25, 0.3) is 0 Å². The third kappa shape index (κ3) is 10.7. The Hall–Kier alpha value is -4.12. The van der Waals surface area contributed by atoms with Crippen molar-refractivity contribution in [2.24, 2.45) is 11.8 Å². The normalized spacial score (nSPS) is 12.4. The van der Waals surface area contributed by atoms with Crippen LogP contribution in [0.4, 0.5) is 9.59 Å². The highest BCUT2D eigenvalue weighted by molar-refractivity contribution is 5.84. The number of aliphatic hydroxyl groups excluding tert-OH is 1. The molecular formula is C31H44N4O7. The van der Waals surface area contributed by atoms with Crippen molar-refractivity contribution in [2.75, 3.05) is 27.3 Å². The summed E-state index contributed by atoms with van der Waals surface area (Å²) < 4.78 is 9.71. The lowest BCUT2D eigenvalue weighted by Crippen LogP contribution is -2.54. The third-order valence-corrected chi connectivity index (χ3v) is 6.67. The van der Waals surface area contributed by atoms with Gasteiger partial charge in [0.15, 0.2) is 0 Å². The van der Waals surface area contributed by atoms with Crippen LogP contribution in [0.3, 0.4) is 0 Å². The molecule has 0 aliphatic heterocycles. The van der Waals surface area contributed by atoms with Crippen molar-refractivity contribution in [1.29, 1.82) is 0 Å². The predicted molar refractivity (Wildman–Crippen MR) is 158 cm³/mol. The fourth-order valence-corrected chi connectivity index (χ4v) is 4.31. The number of hydrogen-bond donors (Lipinski definition) is 3. The molecule has 0 heterocycles. The number of benzene rings is 2. The van der Waals surface area contributed by atoms with Gasteiger partial charge in [-0.25, -0.2) is 19.2 Å². The molecule has 230 valence electrons. The highest BCUT2D eigenvalue weighted by Crippen LogP contribution is 2.12. The minimum atomic E-state index is -1.17. The summed E-state index contributed by atoms with van der Waals surface area (Å²) in [5.74, 6) is -1.62. The van der Waals surface area contributed by atoms with Crippen molar-refractivity contribution in [3.05, 3.63) is 71.8 Å². The van der Waals surface area contributed by atoms with E-state index >= 15 is 0 Å². The molecule has 0 aliphatic carbocycles. The zero-order chi connectivity index (χ0) is 31.2. The second kappa shape index (κ2) is 17.0. The van der Waals surface area contributed by atoms with E-state index in [1.807, 2.05) is 60.7 Å². The van der Waals surface area contributed by atoms with E-state index < -0.39 is 42.2 Å². The first-order valence-electron chi connectivity index (χ1n) is 14.0. The standard InChI is InChI=1S/C31H44N4O7/c1-21(2)26(28(37)41-5)32-30(39)34(17-23-13-9-7-10-14-23)19-25(36)20-35(18-24-15-11-8-12-16-24)31(40)33-27(22(3)4)29(38)42-6/h7-16,21-22,25-27,36H,17-20H2,1-6H3,(H,32,39)(H,33,40)/t26-,27-/m0/s1. The number of urea groups is 2. The number of aliphatic hydroxyl groups is 1. The second-order valence-electron chi connectivity index (χ2n) is 10.8. The van der Waals surface area contributed by atoms with Crippen LogP contribution in [0.25, 0.3) is 0 Å². The van der Waals surface area contributed by atoms with Crippen LogP contribution in [-0.4, -0.2) is 84.4 Å². The molecule has 4 amide bonds. The smallest absolute Gasteiger partial charge is 0.328 e. The van der Waals surface area contributed by atoms with E-state index in [2.05, 4.69) is 10.6 Å². The molecule has 0 saturated heterocycles. The summed E-state index contributed by atoms with van der Waals surface area (Å²) in [6.45, 7) is 7.17. The zero-order valence-electron chi connectivity index (χ0n) is 25.3. The number of carbonyl (C=O) groups excluding carboxylic acids is 4. The predicted octanol–water partition coefficient (Wildman–Crippen LogP) is 3.17. The molecule has 2 aromatic rings. The molecule has 0 unspecified atom stereocenters. The zero-order valence-corrected chi connectivity index (χ0v) is 25.3. The summed E-state index contributed by atoms with van der Waals surface area (Å²) in [5, 5.41) is 16.7. The van der Waals surface area contributed by atoms with Gasteiger partial charge in [-0.05, 0) is 23.0 Å². The summed E-state index contributed by atoms with van der Waals surface area (Å²) in [7, 11) is 2.51. The molecule has 0 fully saturated rings.